The van der Waals surface area contributed by atoms with Crippen LogP contribution in [0.15, 0.2) is 18.2 Å². The van der Waals surface area contributed by atoms with E-state index >= 15 is 0 Å². The van der Waals surface area contributed by atoms with Crippen molar-refractivity contribution in [2.75, 3.05) is 26.2 Å². The Morgan fingerprint density at radius 3 is 3.00 bits per heavy atom. The number of rotatable bonds is 5. The molecule has 1 aromatic carbocycles. The molecule has 2 amide bonds. The van der Waals surface area contributed by atoms with Gasteiger partial charge >= 0.3 is 6.03 Å². The van der Waals surface area contributed by atoms with Crippen molar-refractivity contribution < 1.29 is 14.6 Å². The summed E-state index contributed by atoms with van der Waals surface area (Å²) in [6.07, 6.45) is 0.450. The Kier molecular flexibility index (Phi) is 6.17. The smallest absolute Gasteiger partial charge is 0.317 e. The van der Waals surface area contributed by atoms with Gasteiger partial charge in [0, 0.05) is 19.0 Å². The Labute approximate surface area is 140 Å². The lowest BCUT2D eigenvalue weighted by Gasteiger charge is -2.18. The van der Waals surface area contributed by atoms with E-state index in [0.717, 1.165) is 6.42 Å². The number of halogens is 2. The Bertz CT molecular complexity index is 526. The number of nitrogens with zero attached hydrogens (tertiary/aromatic N) is 1. The van der Waals surface area contributed by atoms with Crippen LogP contribution in [-0.4, -0.2) is 48.4 Å². The van der Waals surface area contributed by atoms with E-state index in [9.17, 15) is 9.90 Å². The van der Waals surface area contributed by atoms with Crippen LogP contribution in [0.2, 0.25) is 10.0 Å². The molecule has 5 nitrogen and oxygen atoms in total. The van der Waals surface area contributed by atoms with Crippen molar-refractivity contribution in [3.05, 3.63) is 28.2 Å². The highest BCUT2D eigenvalue weighted by Gasteiger charge is 2.28. The van der Waals surface area contributed by atoms with E-state index in [-0.39, 0.29) is 18.1 Å². The fraction of sp³-hybridized carbons (Fsp3) is 0.533. The zero-order valence-electron chi connectivity index (χ0n) is 12.4. The lowest BCUT2D eigenvalue weighted by molar-refractivity contribution is 0.129. The number of nitrogens with one attached hydrogen (secondary N) is 1. The molecule has 2 rings (SSSR count). The minimum atomic E-state index is -0.383. The van der Waals surface area contributed by atoms with Crippen LogP contribution in [0.25, 0.3) is 0 Å². The molecule has 0 spiro atoms. The number of aliphatic hydroxyl groups excluding tert-OH is 1. The van der Waals surface area contributed by atoms with Crippen LogP contribution in [0, 0.1) is 5.92 Å². The number of benzene rings is 1. The summed E-state index contributed by atoms with van der Waals surface area (Å²) in [6.45, 7) is 3.69. The van der Waals surface area contributed by atoms with Crippen molar-refractivity contribution in [1.82, 2.24) is 10.2 Å². The highest BCUT2D eigenvalue weighted by atomic mass is 35.5. The zero-order chi connectivity index (χ0) is 16.1. The number of likely N-dealkylation sites (tertiary alicyclic amines) is 1. The molecule has 0 unspecified atom stereocenters. The average molecular weight is 347 g/mol. The molecule has 0 aliphatic carbocycles. The molecule has 7 heteroatoms. The lowest BCUT2D eigenvalue weighted by atomic mass is 10.0. The molecule has 2 N–H and O–H groups in total. The monoisotopic (exact) mass is 346 g/mol. The van der Waals surface area contributed by atoms with Gasteiger partial charge in [0.1, 0.15) is 17.4 Å². The van der Waals surface area contributed by atoms with Crippen LogP contribution < -0.4 is 10.1 Å². The SMILES string of the molecule is C[C@@H](O)[C@@H]1CCN(C(=O)NCCOc2cccc(Cl)c2Cl)C1. The first-order valence-corrected chi connectivity index (χ1v) is 8.02. The summed E-state index contributed by atoms with van der Waals surface area (Å²) in [5.41, 5.74) is 0. The summed E-state index contributed by atoms with van der Waals surface area (Å²) < 4.78 is 5.50. The molecule has 2 atom stereocenters. The van der Waals surface area contributed by atoms with Crippen LogP contribution >= 0.6 is 23.2 Å². The van der Waals surface area contributed by atoms with Gasteiger partial charge in [0.25, 0.3) is 0 Å². The van der Waals surface area contributed by atoms with E-state index in [1.54, 1.807) is 30.0 Å². The third kappa shape index (κ3) is 4.41. The van der Waals surface area contributed by atoms with Gasteiger partial charge in [-0.25, -0.2) is 4.79 Å². The quantitative estimate of drug-likeness (QED) is 0.806. The van der Waals surface area contributed by atoms with E-state index in [4.69, 9.17) is 27.9 Å². The number of hydrogen-bond acceptors (Lipinski definition) is 3. The van der Waals surface area contributed by atoms with Gasteiger partial charge in [0.05, 0.1) is 17.7 Å². The van der Waals surface area contributed by atoms with Crippen molar-refractivity contribution in [3.8, 4) is 5.75 Å². The maximum absolute atomic E-state index is 12.0. The summed E-state index contributed by atoms with van der Waals surface area (Å²) in [5.74, 6) is 0.658. The number of urea groups is 1. The molecule has 1 heterocycles. The van der Waals surface area contributed by atoms with E-state index in [1.165, 1.54) is 0 Å². The van der Waals surface area contributed by atoms with E-state index < -0.39 is 0 Å². The largest absolute Gasteiger partial charge is 0.490 e. The van der Waals surface area contributed by atoms with Crippen LogP contribution in [0.5, 0.6) is 5.75 Å². The second-order valence-corrected chi connectivity index (χ2v) is 6.15. The van der Waals surface area contributed by atoms with Crippen LogP contribution in [-0.2, 0) is 0 Å². The van der Waals surface area contributed by atoms with Crippen LogP contribution in [0.4, 0.5) is 4.79 Å². The van der Waals surface area contributed by atoms with Gasteiger partial charge in [-0.15, -0.1) is 0 Å². The molecule has 0 radical (unpaired) electrons. The van der Waals surface area contributed by atoms with Gasteiger partial charge in [-0.05, 0) is 25.5 Å². The summed E-state index contributed by atoms with van der Waals surface area (Å²) in [4.78, 5) is 13.7. The Morgan fingerprint density at radius 2 is 2.32 bits per heavy atom. The Morgan fingerprint density at radius 1 is 1.55 bits per heavy atom. The van der Waals surface area contributed by atoms with E-state index in [2.05, 4.69) is 5.32 Å². The standard InChI is InChI=1S/C15H20Cl2N2O3/c1-10(20)11-5-7-19(9-11)15(21)18-6-8-22-13-4-2-3-12(16)14(13)17/h2-4,10-11,20H,5-9H2,1H3,(H,18,21)/t10-,11-/m1/s1. The van der Waals surface area contributed by atoms with E-state index in [1.807, 2.05) is 0 Å². The maximum Gasteiger partial charge on any atom is 0.317 e. The summed E-state index contributed by atoms with van der Waals surface area (Å²) >= 11 is 11.9. The summed E-state index contributed by atoms with van der Waals surface area (Å²) in [6, 6.07) is 5.03. The van der Waals surface area contributed by atoms with Gasteiger partial charge in [-0.3, -0.25) is 0 Å². The van der Waals surface area contributed by atoms with Crippen molar-refractivity contribution in [2.45, 2.75) is 19.4 Å². The summed E-state index contributed by atoms with van der Waals surface area (Å²) in [7, 11) is 0. The molecule has 1 aromatic rings. The first kappa shape index (κ1) is 17.2. The molecular weight excluding hydrogens is 327 g/mol. The molecular formula is C15H20Cl2N2O3. The fourth-order valence-corrected chi connectivity index (χ4v) is 2.74. The second-order valence-electron chi connectivity index (χ2n) is 5.37. The molecule has 0 bridgehead atoms. The third-order valence-corrected chi connectivity index (χ3v) is 4.55. The Hall–Kier alpha value is -1.17. The van der Waals surface area contributed by atoms with E-state index in [0.29, 0.717) is 42.0 Å². The average Bonchev–Trinajstić information content (AvgIpc) is 2.97. The molecule has 122 valence electrons. The van der Waals surface area contributed by atoms with Crippen molar-refractivity contribution in [3.63, 3.8) is 0 Å². The van der Waals surface area contributed by atoms with Crippen LogP contribution in [0.3, 0.4) is 0 Å². The maximum atomic E-state index is 12.0. The molecule has 22 heavy (non-hydrogen) atoms. The van der Waals surface area contributed by atoms with Gasteiger partial charge in [0.2, 0.25) is 0 Å². The fourth-order valence-electron chi connectivity index (χ4n) is 2.39. The Balaban J connectivity index is 1.71. The van der Waals surface area contributed by atoms with Gasteiger partial charge < -0.3 is 20.1 Å². The first-order valence-electron chi connectivity index (χ1n) is 7.26. The number of aliphatic hydroxyl groups is 1. The minimum Gasteiger partial charge on any atom is -0.490 e. The number of carbonyl (C=O) groups is 1. The number of hydrogen-bond donors (Lipinski definition) is 2. The van der Waals surface area contributed by atoms with Crippen molar-refractivity contribution in [1.29, 1.82) is 0 Å². The molecule has 0 aromatic heterocycles. The second kappa shape index (κ2) is 7.90. The minimum absolute atomic E-state index is 0.135. The zero-order valence-corrected chi connectivity index (χ0v) is 13.9. The topological polar surface area (TPSA) is 61.8 Å². The van der Waals surface area contributed by atoms with Gasteiger partial charge in [0.15, 0.2) is 0 Å². The van der Waals surface area contributed by atoms with Crippen LogP contribution in [0.1, 0.15) is 13.3 Å². The molecule has 0 saturated carbocycles. The molecule has 1 aliphatic heterocycles. The third-order valence-electron chi connectivity index (χ3n) is 3.75. The predicted molar refractivity (Wildman–Crippen MR) is 86.7 cm³/mol. The highest BCUT2D eigenvalue weighted by Crippen LogP contribution is 2.31. The number of ether oxygens (including phenoxy) is 1. The summed E-state index contributed by atoms with van der Waals surface area (Å²) in [5, 5.41) is 13.1. The van der Waals surface area contributed by atoms with Crippen molar-refractivity contribution in [2.24, 2.45) is 5.92 Å². The molecule has 1 fully saturated rings. The number of amides is 2. The van der Waals surface area contributed by atoms with Gasteiger partial charge in [-0.1, -0.05) is 29.3 Å². The first-order chi connectivity index (χ1) is 10.5. The lowest BCUT2D eigenvalue weighted by Crippen LogP contribution is -2.40. The van der Waals surface area contributed by atoms with Gasteiger partial charge in [-0.2, -0.15) is 0 Å². The molecule has 1 aliphatic rings. The predicted octanol–water partition coefficient (Wildman–Crippen LogP) is 2.78. The molecule has 1 saturated heterocycles. The highest BCUT2D eigenvalue weighted by molar-refractivity contribution is 6.42. The number of carbonyl (C=O) groups excluding carboxylic acids is 1. The normalized spacial score (nSPS) is 19.1. The van der Waals surface area contributed by atoms with Crippen molar-refractivity contribution >= 4 is 29.2 Å².